The largest absolute Gasteiger partial charge is 0.497 e. The summed E-state index contributed by atoms with van der Waals surface area (Å²) >= 11 is 0. The van der Waals surface area contributed by atoms with Crippen molar-refractivity contribution in [1.29, 1.82) is 0 Å². The van der Waals surface area contributed by atoms with E-state index in [1.165, 1.54) is 12.8 Å². The third-order valence-electron chi connectivity index (χ3n) is 4.36. The minimum absolute atomic E-state index is 0.00253. The van der Waals surface area contributed by atoms with Gasteiger partial charge >= 0.3 is 6.03 Å². The Morgan fingerprint density at radius 2 is 1.91 bits per heavy atom. The van der Waals surface area contributed by atoms with E-state index in [2.05, 4.69) is 12.2 Å². The van der Waals surface area contributed by atoms with E-state index < -0.39 is 0 Å². The molecular formula is C18H28N2O3. The quantitative estimate of drug-likeness (QED) is 0.801. The van der Waals surface area contributed by atoms with Crippen LogP contribution in [0.3, 0.4) is 0 Å². The first-order valence-electron chi connectivity index (χ1n) is 8.24. The molecule has 1 aromatic carbocycles. The number of nitrogens with zero attached hydrogens (tertiary/aromatic N) is 1. The first-order chi connectivity index (χ1) is 11.0. The van der Waals surface area contributed by atoms with Crippen molar-refractivity contribution in [1.82, 2.24) is 10.2 Å². The fourth-order valence-corrected chi connectivity index (χ4v) is 2.75. The van der Waals surface area contributed by atoms with Gasteiger partial charge in [0.2, 0.25) is 0 Å². The molecule has 0 heterocycles. The van der Waals surface area contributed by atoms with E-state index in [1.54, 1.807) is 14.2 Å². The van der Waals surface area contributed by atoms with Crippen LogP contribution in [0.4, 0.5) is 4.79 Å². The molecule has 2 amide bonds. The monoisotopic (exact) mass is 320 g/mol. The molecule has 128 valence electrons. The Kier molecular flexibility index (Phi) is 6.28. The lowest BCUT2D eigenvalue weighted by Crippen LogP contribution is -2.49. The summed E-state index contributed by atoms with van der Waals surface area (Å²) in [6.07, 6.45) is 2.42. The molecule has 1 aliphatic rings. The van der Waals surface area contributed by atoms with Gasteiger partial charge in [-0.15, -0.1) is 0 Å². The molecule has 0 bridgehead atoms. The van der Waals surface area contributed by atoms with E-state index in [-0.39, 0.29) is 18.1 Å². The number of ether oxygens (including phenoxy) is 2. The highest BCUT2D eigenvalue weighted by atomic mass is 16.5. The van der Waals surface area contributed by atoms with Crippen LogP contribution in [0, 0.1) is 5.92 Å². The number of urea groups is 1. The van der Waals surface area contributed by atoms with Gasteiger partial charge in [-0.2, -0.15) is 0 Å². The van der Waals surface area contributed by atoms with Gasteiger partial charge < -0.3 is 19.7 Å². The van der Waals surface area contributed by atoms with Crippen LogP contribution in [0.1, 0.15) is 32.3 Å². The summed E-state index contributed by atoms with van der Waals surface area (Å²) in [5.41, 5.74) is 1.10. The normalized spacial score (nSPS) is 16.5. The van der Waals surface area contributed by atoms with Gasteiger partial charge in [0.05, 0.1) is 19.8 Å². The van der Waals surface area contributed by atoms with Crippen molar-refractivity contribution in [3.8, 4) is 5.75 Å². The zero-order valence-electron chi connectivity index (χ0n) is 14.5. The number of hydrogen-bond donors (Lipinski definition) is 1. The zero-order valence-corrected chi connectivity index (χ0v) is 14.5. The van der Waals surface area contributed by atoms with E-state index in [0.717, 1.165) is 11.3 Å². The Balaban J connectivity index is 2.05. The third-order valence-corrected chi connectivity index (χ3v) is 4.36. The minimum Gasteiger partial charge on any atom is -0.497 e. The van der Waals surface area contributed by atoms with Crippen LogP contribution in [0.15, 0.2) is 24.3 Å². The summed E-state index contributed by atoms with van der Waals surface area (Å²) in [7, 11) is 3.30. The van der Waals surface area contributed by atoms with E-state index in [0.29, 0.717) is 19.1 Å². The second-order valence-electron chi connectivity index (χ2n) is 6.36. The lowest BCUT2D eigenvalue weighted by Gasteiger charge is -2.31. The summed E-state index contributed by atoms with van der Waals surface area (Å²) in [6.45, 7) is 5.21. The van der Waals surface area contributed by atoms with Gasteiger partial charge in [-0.05, 0) is 50.3 Å². The SMILES string of the molecule is COC[C@@H](C)NC(=O)N(Cc1ccc(OC)cc1)[C@@H](C)C1CC1. The topological polar surface area (TPSA) is 50.8 Å². The van der Waals surface area contributed by atoms with Crippen LogP contribution < -0.4 is 10.1 Å². The van der Waals surface area contributed by atoms with Crippen molar-refractivity contribution in [3.05, 3.63) is 29.8 Å². The molecule has 1 aromatic rings. The van der Waals surface area contributed by atoms with E-state index >= 15 is 0 Å². The standard InChI is InChI=1S/C18H28N2O3/c1-13(12-22-3)19-18(21)20(14(2)16-7-8-16)11-15-5-9-17(23-4)10-6-15/h5-6,9-10,13-14,16H,7-8,11-12H2,1-4H3,(H,19,21)/t13-,14+/m1/s1. The molecular weight excluding hydrogens is 292 g/mol. The summed E-state index contributed by atoms with van der Waals surface area (Å²) in [5.74, 6) is 1.45. The Hall–Kier alpha value is -1.75. The maximum absolute atomic E-state index is 12.7. The highest BCUT2D eigenvalue weighted by Gasteiger charge is 2.34. The van der Waals surface area contributed by atoms with Crippen molar-refractivity contribution < 1.29 is 14.3 Å². The molecule has 5 nitrogen and oxygen atoms in total. The van der Waals surface area contributed by atoms with Crippen molar-refractivity contribution >= 4 is 6.03 Å². The van der Waals surface area contributed by atoms with E-state index in [4.69, 9.17) is 9.47 Å². The number of carbonyl (C=O) groups excluding carboxylic acids is 1. The molecule has 0 unspecified atom stereocenters. The molecule has 0 aromatic heterocycles. The van der Waals surface area contributed by atoms with Gasteiger partial charge in [-0.25, -0.2) is 4.79 Å². The third kappa shape index (κ3) is 5.13. The highest BCUT2D eigenvalue weighted by molar-refractivity contribution is 5.75. The fraction of sp³-hybridized carbons (Fsp3) is 0.611. The van der Waals surface area contributed by atoms with E-state index in [1.807, 2.05) is 36.1 Å². The molecule has 0 radical (unpaired) electrons. The first kappa shape index (κ1) is 17.6. The van der Waals surface area contributed by atoms with Crippen molar-refractivity contribution in [2.24, 2.45) is 5.92 Å². The van der Waals surface area contributed by atoms with Crippen LogP contribution >= 0.6 is 0 Å². The number of methoxy groups -OCH3 is 2. The van der Waals surface area contributed by atoms with Gasteiger partial charge in [0.25, 0.3) is 0 Å². The molecule has 1 saturated carbocycles. The van der Waals surface area contributed by atoms with Gasteiger partial charge in [-0.3, -0.25) is 0 Å². The minimum atomic E-state index is -0.0234. The van der Waals surface area contributed by atoms with Crippen LogP contribution in [0.25, 0.3) is 0 Å². The molecule has 23 heavy (non-hydrogen) atoms. The second-order valence-corrected chi connectivity index (χ2v) is 6.36. The Bertz CT molecular complexity index is 499. The smallest absolute Gasteiger partial charge is 0.318 e. The number of hydrogen-bond acceptors (Lipinski definition) is 3. The average molecular weight is 320 g/mol. The van der Waals surface area contributed by atoms with Gasteiger partial charge in [0, 0.05) is 19.7 Å². The maximum atomic E-state index is 12.7. The van der Waals surface area contributed by atoms with Gasteiger partial charge in [0.15, 0.2) is 0 Å². The zero-order chi connectivity index (χ0) is 16.8. The average Bonchev–Trinajstić information content (AvgIpc) is 3.37. The van der Waals surface area contributed by atoms with Gasteiger partial charge in [-0.1, -0.05) is 12.1 Å². The Morgan fingerprint density at radius 3 is 2.43 bits per heavy atom. The lowest BCUT2D eigenvalue weighted by atomic mass is 10.1. The number of amides is 2. The fourth-order valence-electron chi connectivity index (χ4n) is 2.75. The van der Waals surface area contributed by atoms with E-state index in [9.17, 15) is 4.79 Å². The molecule has 0 saturated heterocycles. The molecule has 1 N–H and O–H groups in total. The molecule has 0 spiro atoms. The number of rotatable bonds is 8. The molecule has 2 rings (SSSR count). The summed E-state index contributed by atoms with van der Waals surface area (Å²) < 4.78 is 10.3. The molecule has 2 atom stereocenters. The summed E-state index contributed by atoms with van der Waals surface area (Å²) in [6, 6.07) is 8.10. The summed E-state index contributed by atoms with van der Waals surface area (Å²) in [5, 5.41) is 3.02. The lowest BCUT2D eigenvalue weighted by molar-refractivity contribution is 0.145. The predicted molar refractivity (Wildman–Crippen MR) is 90.6 cm³/mol. The van der Waals surface area contributed by atoms with Crippen LogP contribution in [-0.4, -0.2) is 43.8 Å². The van der Waals surface area contributed by atoms with Crippen LogP contribution in [-0.2, 0) is 11.3 Å². The van der Waals surface area contributed by atoms with Crippen LogP contribution in [0.2, 0.25) is 0 Å². The Morgan fingerprint density at radius 1 is 1.26 bits per heavy atom. The van der Waals surface area contributed by atoms with Crippen molar-refractivity contribution in [2.75, 3.05) is 20.8 Å². The van der Waals surface area contributed by atoms with Crippen molar-refractivity contribution in [3.63, 3.8) is 0 Å². The highest BCUT2D eigenvalue weighted by Crippen LogP contribution is 2.35. The maximum Gasteiger partial charge on any atom is 0.318 e. The predicted octanol–water partition coefficient (Wildman–Crippen LogP) is 3.04. The second kappa shape index (κ2) is 8.20. The number of benzene rings is 1. The number of carbonyl (C=O) groups is 1. The van der Waals surface area contributed by atoms with Crippen LogP contribution in [0.5, 0.6) is 5.75 Å². The summed E-state index contributed by atoms with van der Waals surface area (Å²) in [4.78, 5) is 14.6. The molecule has 5 heteroatoms. The molecule has 1 fully saturated rings. The van der Waals surface area contributed by atoms with Gasteiger partial charge in [0.1, 0.15) is 5.75 Å². The number of nitrogens with one attached hydrogen (secondary N) is 1. The Labute approximate surface area is 139 Å². The van der Waals surface area contributed by atoms with Crippen molar-refractivity contribution in [2.45, 2.75) is 45.3 Å². The molecule has 0 aliphatic heterocycles. The first-order valence-corrected chi connectivity index (χ1v) is 8.24. The molecule has 1 aliphatic carbocycles.